The van der Waals surface area contributed by atoms with Crippen LogP contribution >= 0.6 is 11.6 Å². The van der Waals surface area contributed by atoms with E-state index in [9.17, 15) is 9.50 Å². The lowest BCUT2D eigenvalue weighted by atomic mass is 10.0. The van der Waals surface area contributed by atoms with Crippen molar-refractivity contribution in [3.05, 3.63) is 71.8 Å². The van der Waals surface area contributed by atoms with Crippen LogP contribution in [0.5, 0.6) is 5.75 Å². The molecule has 0 radical (unpaired) electrons. The lowest BCUT2D eigenvalue weighted by Gasteiger charge is -2.11. The van der Waals surface area contributed by atoms with E-state index < -0.39 is 11.6 Å². The van der Waals surface area contributed by atoms with Crippen molar-refractivity contribution in [3.8, 4) is 16.9 Å². The molecule has 134 valence electrons. The summed E-state index contributed by atoms with van der Waals surface area (Å²) in [6, 6.07) is 13.7. The van der Waals surface area contributed by atoms with Gasteiger partial charge in [0.25, 0.3) is 0 Å². The van der Waals surface area contributed by atoms with Gasteiger partial charge in [0.2, 0.25) is 0 Å². The maximum absolute atomic E-state index is 13.9. The van der Waals surface area contributed by atoms with Crippen LogP contribution in [0.1, 0.15) is 0 Å². The molecular formula is C20H14ClFN4O. The number of halogens is 2. The Balaban J connectivity index is 1.80. The van der Waals surface area contributed by atoms with E-state index in [4.69, 9.17) is 17.3 Å². The Labute approximate surface area is 159 Å². The molecule has 2 aromatic carbocycles. The molecule has 0 fully saturated rings. The Hall–Kier alpha value is -3.38. The van der Waals surface area contributed by atoms with Crippen LogP contribution in [0.4, 0.5) is 21.6 Å². The topological polar surface area (TPSA) is 84.1 Å². The highest BCUT2D eigenvalue weighted by molar-refractivity contribution is 6.32. The number of anilines is 3. The molecule has 0 saturated carbocycles. The minimum absolute atomic E-state index is 0.0393. The van der Waals surface area contributed by atoms with E-state index in [0.717, 1.165) is 27.8 Å². The molecule has 5 nitrogen and oxygen atoms in total. The van der Waals surface area contributed by atoms with Gasteiger partial charge in [0.1, 0.15) is 5.82 Å². The SMILES string of the molecule is Nc1ccc(Nc2ccnc3ccc(-c4cc(F)c(O)c(Cl)c4)cc23)cn1. The van der Waals surface area contributed by atoms with Gasteiger partial charge < -0.3 is 16.2 Å². The number of nitrogens with zero attached hydrogens (tertiary/aromatic N) is 2. The predicted octanol–water partition coefficient (Wildman–Crippen LogP) is 5.12. The van der Waals surface area contributed by atoms with Gasteiger partial charge in [-0.3, -0.25) is 4.98 Å². The molecule has 4 aromatic rings. The summed E-state index contributed by atoms with van der Waals surface area (Å²) in [5.41, 5.74) is 9.30. The molecule has 0 bridgehead atoms. The minimum atomic E-state index is -0.768. The zero-order chi connectivity index (χ0) is 19.0. The number of nitrogens with one attached hydrogen (secondary N) is 1. The Morgan fingerprint density at radius 2 is 1.85 bits per heavy atom. The van der Waals surface area contributed by atoms with Gasteiger partial charge in [0.15, 0.2) is 11.6 Å². The van der Waals surface area contributed by atoms with Gasteiger partial charge in [-0.2, -0.15) is 0 Å². The molecule has 2 heterocycles. The summed E-state index contributed by atoms with van der Waals surface area (Å²) in [6.07, 6.45) is 3.34. The summed E-state index contributed by atoms with van der Waals surface area (Å²) >= 11 is 5.91. The van der Waals surface area contributed by atoms with E-state index in [1.807, 2.05) is 30.3 Å². The Morgan fingerprint density at radius 1 is 1.00 bits per heavy atom. The van der Waals surface area contributed by atoms with Crippen molar-refractivity contribution in [1.82, 2.24) is 9.97 Å². The van der Waals surface area contributed by atoms with Crippen LogP contribution in [0.25, 0.3) is 22.0 Å². The third-order valence-electron chi connectivity index (χ3n) is 4.16. The fraction of sp³-hybridized carbons (Fsp3) is 0. The van der Waals surface area contributed by atoms with Crippen LogP contribution in [0.3, 0.4) is 0 Å². The molecule has 27 heavy (non-hydrogen) atoms. The number of nitrogens with two attached hydrogens (primary N) is 1. The molecule has 4 N–H and O–H groups in total. The number of phenolic OH excluding ortho intramolecular Hbond substituents is 1. The van der Waals surface area contributed by atoms with Crippen molar-refractivity contribution in [2.24, 2.45) is 0 Å². The average molecular weight is 381 g/mol. The highest BCUT2D eigenvalue weighted by atomic mass is 35.5. The van der Waals surface area contributed by atoms with Gasteiger partial charge in [-0.15, -0.1) is 0 Å². The zero-order valence-corrected chi connectivity index (χ0v) is 14.7. The second-order valence-corrected chi connectivity index (χ2v) is 6.38. The van der Waals surface area contributed by atoms with Crippen LogP contribution in [-0.2, 0) is 0 Å². The second-order valence-electron chi connectivity index (χ2n) is 5.98. The fourth-order valence-corrected chi connectivity index (χ4v) is 3.01. The largest absolute Gasteiger partial charge is 0.504 e. The van der Waals surface area contributed by atoms with Crippen molar-refractivity contribution < 1.29 is 9.50 Å². The first-order valence-corrected chi connectivity index (χ1v) is 8.45. The number of fused-ring (bicyclic) bond motifs is 1. The van der Waals surface area contributed by atoms with Crippen LogP contribution < -0.4 is 11.1 Å². The highest BCUT2D eigenvalue weighted by Crippen LogP contribution is 2.34. The lowest BCUT2D eigenvalue weighted by Crippen LogP contribution is -1.95. The molecule has 4 rings (SSSR count). The normalized spacial score (nSPS) is 10.9. The van der Waals surface area contributed by atoms with Crippen molar-refractivity contribution in [3.63, 3.8) is 0 Å². The van der Waals surface area contributed by atoms with Gasteiger partial charge in [0.05, 0.1) is 22.4 Å². The van der Waals surface area contributed by atoms with Gasteiger partial charge in [0, 0.05) is 17.3 Å². The lowest BCUT2D eigenvalue weighted by molar-refractivity contribution is 0.433. The molecule has 0 aliphatic heterocycles. The number of hydrogen-bond donors (Lipinski definition) is 3. The van der Waals surface area contributed by atoms with E-state index in [2.05, 4.69) is 15.3 Å². The fourth-order valence-electron chi connectivity index (χ4n) is 2.80. The molecule has 0 unspecified atom stereocenters. The van der Waals surface area contributed by atoms with Crippen LogP contribution in [0, 0.1) is 5.82 Å². The van der Waals surface area contributed by atoms with Gasteiger partial charge in [-0.1, -0.05) is 17.7 Å². The third kappa shape index (κ3) is 3.35. The Morgan fingerprint density at radius 3 is 2.59 bits per heavy atom. The first kappa shape index (κ1) is 17.1. The smallest absolute Gasteiger partial charge is 0.170 e. The van der Waals surface area contributed by atoms with E-state index in [1.165, 1.54) is 12.1 Å². The third-order valence-corrected chi connectivity index (χ3v) is 4.45. The van der Waals surface area contributed by atoms with Gasteiger partial charge in [-0.25, -0.2) is 9.37 Å². The number of phenols is 1. The zero-order valence-electron chi connectivity index (χ0n) is 13.9. The van der Waals surface area contributed by atoms with Crippen molar-refractivity contribution in [2.75, 3.05) is 11.1 Å². The standard InChI is InChI=1S/C20H14ClFN4O/c21-15-8-12(9-16(22)20(15)27)11-1-3-17-14(7-11)18(5-6-24-17)26-13-2-4-19(23)25-10-13/h1-10,27H,(H2,23,25)(H,24,26). The summed E-state index contributed by atoms with van der Waals surface area (Å²) in [5.74, 6) is -0.884. The maximum Gasteiger partial charge on any atom is 0.170 e. The Bertz CT molecular complexity index is 1130. The first-order chi connectivity index (χ1) is 13.0. The Kier molecular flexibility index (Phi) is 4.25. The number of pyridine rings is 2. The molecule has 0 saturated heterocycles. The second kappa shape index (κ2) is 6.74. The summed E-state index contributed by atoms with van der Waals surface area (Å²) < 4.78 is 13.9. The van der Waals surface area contributed by atoms with E-state index >= 15 is 0 Å². The molecule has 7 heteroatoms. The molecule has 0 aliphatic carbocycles. The van der Waals surface area contributed by atoms with Gasteiger partial charge >= 0.3 is 0 Å². The van der Waals surface area contributed by atoms with Crippen molar-refractivity contribution in [2.45, 2.75) is 0 Å². The minimum Gasteiger partial charge on any atom is -0.504 e. The van der Waals surface area contributed by atoms with E-state index in [1.54, 1.807) is 18.5 Å². The number of nitrogen functional groups attached to an aromatic ring is 1. The van der Waals surface area contributed by atoms with Crippen LogP contribution in [0.15, 0.2) is 60.9 Å². The number of hydrogen-bond acceptors (Lipinski definition) is 5. The summed E-state index contributed by atoms with van der Waals surface area (Å²) in [4.78, 5) is 8.43. The average Bonchev–Trinajstić information content (AvgIpc) is 2.67. The summed E-state index contributed by atoms with van der Waals surface area (Å²) in [7, 11) is 0. The maximum atomic E-state index is 13.9. The first-order valence-electron chi connectivity index (χ1n) is 8.07. The van der Waals surface area contributed by atoms with Crippen LogP contribution in [0.2, 0.25) is 5.02 Å². The van der Waals surface area contributed by atoms with Crippen molar-refractivity contribution >= 4 is 39.7 Å². The van der Waals surface area contributed by atoms with Gasteiger partial charge in [-0.05, 0) is 53.6 Å². The highest BCUT2D eigenvalue weighted by Gasteiger charge is 2.11. The monoisotopic (exact) mass is 380 g/mol. The molecular weight excluding hydrogens is 367 g/mol. The van der Waals surface area contributed by atoms with E-state index in [0.29, 0.717) is 11.4 Å². The number of aromatic nitrogens is 2. The quantitative estimate of drug-likeness (QED) is 0.459. The summed E-state index contributed by atoms with van der Waals surface area (Å²) in [6.45, 7) is 0. The van der Waals surface area contributed by atoms with Crippen LogP contribution in [-0.4, -0.2) is 15.1 Å². The molecule has 0 amide bonds. The molecule has 0 spiro atoms. The summed E-state index contributed by atoms with van der Waals surface area (Å²) in [5, 5.41) is 13.6. The molecule has 2 aromatic heterocycles. The molecule has 0 atom stereocenters. The number of benzene rings is 2. The predicted molar refractivity (Wildman–Crippen MR) is 106 cm³/mol. The number of aromatic hydroxyl groups is 1. The van der Waals surface area contributed by atoms with Crippen molar-refractivity contribution in [1.29, 1.82) is 0 Å². The number of rotatable bonds is 3. The molecule has 0 aliphatic rings. The van der Waals surface area contributed by atoms with E-state index in [-0.39, 0.29) is 5.02 Å².